The maximum Gasteiger partial charge on any atom is 0.187 e. The van der Waals surface area contributed by atoms with Gasteiger partial charge in [0.25, 0.3) is 0 Å². The maximum atomic E-state index is 5.57. The Hall–Kier alpha value is -3.95. The second-order valence-corrected chi connectivity index (χ2v) is 8.14. The van der Waals surface area contributed by atoms with Gasteiger partial charge in [-0.3, -0.25) is 4.98 Å². The Kier molecular flexibility index (Phi) is 4.73. The van der Waals surface area contributed by atoms with Crippen LogP contribution in [-0.2, 0) is 7.05 Å². The monoisotopic (exact) mass is 421 g/mol. The van der Waals surface area contributed by atoms with E-state index < -0.39 is 0 Å². The first-order valence-electron chi connectivity index (χ1n) is 9.79. The van der Waals surface area contributed by atoms with Crippen molar-refractivity contribution >= 4 is 33.2 Å². The Morgan fingerprint density at radius 2 is 1.94 bits per heavy atom. The molecule has 0 bridgehead atoms. The van der Waals surface area contributed by atoms with E-state index in [4.69, 9.17) is 16.4 Å². The van der Waals surface area contributed by atoms with Crippen LogP contribution in [0.4, 0.5) is 10.8 Å². The standard InChI is InChI=1S/C25H19N5S/c1-4-17-7-5-8-18(12-17)24-27-21-13-20(16(2)11-23(21)30(24)3)28-25-29-22(15-31-25)19-9-6-10-26-14-19/h1,5-15H,2-3H3,(H,28,29). The fourth-order valence-corrected chi connectivity index (χ4v) is 4.31. The van der Waals surface area contributed by atoms with Crippen LogP contribution in [0, 0.1) is 19.3 Å². The summed E-state index contributed by atoms with van der Waals surface area (Å²) >= 11 is 1.57. The van der Waals surface area contributed by atoms with Crippen molar-refractivity contribution in [2.24, 2.45) is 7.05 Å². The second kappa shape index (κ2) is 7.71. The fraction of sp³-hybridized carbons (Fsp3) is 0.0800. The van der Waals surface area contributed by atoms with E-state index in [0.717, 1.165) is 55.6 Å². The van der Waals surface area contributed by atoms with E-state index in [9.17, 15) is 0 Å². The molecule has 0 aliphatic carbocycles. The average Bonchev–Trinajstić information content (AvgIpc) is 3.40. The summed E-state index contributed by atoms with van der Waals surface area (Å²) in [7, 11) is 2.03. The molecule has 0 saturated heterocycles. The zero-order chi connectivity index (χ0) is 21.4. The molecule has 6 heteroatoms. The van der Waals surface area contributed by atoms with Crippen LogP contribution in [0.5, 0.6) is 0 Å². The summed E-state index contributed by atoms with van der Waals surface area (Å²) in [6.45, 7) is 2.09. The van der Waals surface area contributed by atoms with Crippen LogP contribution in [0.25, 0.3) is 33.7 Å². The Morgan fingerprint density at radius 3 is 2.74 bits per heavy atom. The van der Waals surface area contributed by atoms with Crippen molar-refractivity contribution < 1.29 is 0 Å². The molecular formula is C25H19N5S. The van der Waals surface area contributed by atoms with Crippen molar-refractivity contribution in [3.05, 3.63) is 77.4 Å². The Morgan fingerprint density at radius 1 is 1.06 bits per heavy atom. The number of pyridine rings is 1. The van der Waals surface area contributed by atoms with E-state index in [1.807, 2.05) is 55.0 Å². The molecule has 5 nitrogen and oxygen atoms in total. The van der Waals surface area contributed by atoms with Gasteiger partial charge >= 0.3 is 0 Å². The number of imidazole rings is 1. The quantitative estimate of drug-likeness (QED) is 0.373. The van der Waals surface area contributed by atoms with E-state index in [0.29, 0.717) is 0 Å². The number of aryl methyl sites for hydroxylation is 2. The molecule has 0 atom stereocenters. The molecular weight excluding hydrogens is 402 g/mol. The van der Waals surface area contributed by atoms with E-state index in [1.54, 1.807) is 17.5 Å². The van der Waals surface area contributed by atoms with Gasteiger partial charge in [0.2, 0.25) is 0 Å². The molecule has 2 aromatic carbocycles. The molecule has 0 amide bonds. The van der Waals surface area contributed by atoms with Crippen LogP contribution >= 0.6 is 11.3 Å². The topological polar surface area (TPSA) is 55.6 Å². The summed E-state index contributed by atoms with van der Waals surface area (Å²) in [5.74, 6) is 3.58. The first kappa shape index (κ1) is 19.0. The molecule has 150 valence electrons. The largest absolute Gasteiger partial charge is 0.331 e. The summed E-state index contributed by atoms with van der Waals surface area (Å²) in [5.41, 5.74) is 7.85. The number of nitrogens with one attached hydrogen (secondary N) is 1. The summed E-state index contributed by atoms with van der Waals surface area (Å²) in [6, 6.07) is 16.0. The van der Waals surface area contributed by atoms with Gasteiger partial charge < -0.3 is 9.88 Å². The number of nitrogens with zero attached hydrogens (tertiary/aromatic N) is 4. The number of thiazole rings is 1. The van der Waals surface area contributed by atoms with Gasteiger partial charge in [-0.05, 0) is 48.9 Å². The normalized spacial score (nSPS) is 10.9. The van der Waals surface area contributed by atoms with E-state index in [2.05, 4.69) is 39.8 Å². The number of aromatic nitrogens is 4. The smallest absolute Gasteiger partial charge is 0.187 e. The highest BCUT2D eigenvalue weighted by Gasteiger charge is 2.13. The lowest BCUT2D eigenvalue weighted by atomic mass is 10.1. The van der Waals surface area contributed by atoms with Crippen LogP contribution in [0.15, 0.2) is 66.3 Å². The van der Waals surface area contributed by atoms with Gasteiger partial charge in [0.05, 0.1) is 16.7 Å². The van der Waals surface area contributed by atoms with Crippen molar-refractivity contribution in [3.63, 3.8) is 0 Å². The summed E-state index contributed by atoms with van der Waals surface area (Å²) < 4.78 is 2.10. The molecule has 0 fully saturated rings. The molecule has 0 radical (unpaired) electrons. The molecule has 31 heavy (non-hydrogen) atoms. The maximum absolute atomic E-state index is 5.57. The predicted molar refractivity (Wildman–Crippen MR) is 127 cm³/mol. The number of rotatable bonds is 4. The van der Waals surface area contributed by atoms with Gasteiger partial charge in [-0.2, -0.15) is 0 Å². The molecule has 5 rings (SSSR count). The summed E-state index contributed by atoms with van der Waals surface area (Å²) in [6.07, 6.45) is 9.15. The van der Waals surface area contributed by atoms with Crippen molar-refractivity contribution in [1.82, 2.24) is 19.5 Å². The number of hydrogen-bond acceptors (Lipinski definition) is 5. The Bertz CT molecular complexity index is 1440. The minimum atomic E-state index is 0.833. The Balaban J connectivity index is 1.50. The highest BCUT2D eigenvalue weighted by molar-refractivity contribution is 7.14. The molecule has 0 aliphatic heterocycles. The van der Waals surface area contributed by atoms with Gasteiger partial charge in [-0.25, -0.2) is 9.97 Å². The Labute approximate surface area is 184 Å². The molecule has 5 aromatic rings. The van der Waals surface area contributed by atoms with Gasteiger partial charge in [0.15, 0.2) is 5.13 Å². The fourth-order valence-electron chi connectivity index (χ4n) is 3.58. The average molecular weight is 422 g/mol. The molecule has 0 spiro atoms. The molecule has 1 N–H and O–H groups in total. The second-order valence-electron chi connectivity index (χ2n) is 7.28. The third kappa shape index (κ3) is 3.56. The van der Waals surface area contributed by atoms with E-state index in [1.165, 1.54) is 0 Å². The number of benzene rings is 2. The van der Waals surface area contributed by atoms with Gasteiger partial charge in [0, 0.05) is 47.2 Å². The number of terminal acetylenes is 1. The van der Waals surface area contributed by atoms with Crippen LogP contribution in [-0.4, -0.2) is 19.5 Å². The van der Waals surface area contributed by atoms with Crippen molar-refractivity contribution in [2.45, 2.75) is 6.92 Å². The van der Waals surface area contributed by atoms with Crippen LogP contribution in [0.2, 0.25) is 0 Å². The lowest BCUT2D eigenvalue weighted by molar-refractivity contribution is 0.959. The van der Waals surface area contributed by atoms with Gasteiger partial charge in [-0.1, -0.05) is 18.1 Å². The lowest BCUT2D eigenvalue weighted by Crippen LogP contribution is -1.95. The first-order valence-corrected chi connectivity index (χ1v) is 10.7. The molecule has 3 aromatic heterocycles. The summed E-state index contributed by atoms with van der Waals surface area (Å²) in [5, 5.41) is 6.32. The SMILES string of the molecule is C#Cc1cccc(-c2nc3cc(Nc4nc(-c5cccnc5)cs4)c(C)cc3n2C)c1. The highest BCUT2D eigenvalue weighted by Crippen LogP contribution is 2.32. The van der Waals surface area contributed by atoms with Crippen molar-refractivity contribution in [3.8, 4) is 35.0 Å². The highest BCUT2D eigenvalue weighted by atomic mass is 32.1. The zero-order valence-corrected chi connectivity index (χ0v) is 17.9. The minimum absolute atomic E-state index is 0.833. The molecule has 3 heterocycles. The molecule has 0 saturated carbocycles. The van der Waals surface area contributed by atoms with Crippen LogP contribution < -0.4 is 5.32 Å². The molecule has 0 unspecified atom stereocenters. The molecule has 0 aliphatic rings. The zero-order valence-electron chi connectivity index (χ0n) is 17.1. The number of hydrogen-bond donors (Lipinski definition) is 1. The lowest BCUT2D eigenvalue weighted by Gasteiger charge is -2.08. The first-order chi connectivity index (χ1) is 15.1. The third-order valence-electron chi connectivity index (χ3n) is 5.22. The van der Waals surface area contributed by atoms with Crippen molar-refractivity contribution in [2.75, 3.05) is 5.32 Å². The van der Waals surface area contributed by atoms with E-state index >= 15 is 0 Å². The minimum Gasteiger partial charge on any atom is -0.331 e. The van der Waals surface area contributed by atoms with Crippen LogP contribution in [0.1, 0.15) is 11.1 Å². The van der Waals surface area contributed by atoms with Crippen molar-refractivity contribution in [1.29, 1.82) is 0 Å². The summed E-state index contributed by atoms with van der Waals surface area (Å²) in [4.78, 5) is 13.8. The predicted octanol–water partition coefficient (Wildman–Crippen LogP) is 5.79. The van der Waals surface area contributed by atoms with Gasteiger partial charge in [0.1, 0.15) is 5.82 Å². The number of anilines is 2. The number of fused-ring (bicyclic) bond motifs is 1. The third-order valence-corrected chi connectivity index (χ3v) is 5.98. The van der Waals surface area contributed by atoms with Crippen LogP contribution in [0.3, 0.4) is 0 Å². The van der Waals surface area contributed by atoms with E-state index in [-0.39, 0.29) is 0 Å². The van der Waals surface area contributed by atoms with Gasteiger partial charge in [-0.15, -0.1) is 17.8 Å².